The number of quaternary nitrogens is 1. The van der Waals surface area contributed by atoms with E-state index in [-0.39, 0.29) is 17.5 Å². The number of hydrogen-bond donors (Lipinski definition) is 2. The molecule has 0 saturated carbocycles. The van der Waals surface area contributed by atoms with Gasteiger partial charge in [0.05, 0.1) is 38.7 Å². The molecule has 0 unspecified atom stereocenters. The number of sulfone groups is 1. The summed E-state index contributed by atoms with van der Waals surface area (Å²) >= 11 is 11.7. The maximum Gasteiger partial charge on any atom is 0.173 e. The van der Waals surface area contributed by atoms with Crippen molar-refractivity contribution in [2.45, 2.75) is 19.4 Å². The Morgan fingerprint density at radius 2 is 2.17 bits per heavy atom. The lowest BCUT2D eigenvalue weighted by Gasteiger charge is -2.31. The molecule has 2 N–H and O–H groups in total. The molecule has 1 saturated heterocycles. The summed E-state index contributed by atoms with van der Waals surface area (Å²) < 4.78 is 23.7. The minimum absolute atomic E-state index is 0.0599. The molecule has 1 aliphatic heterocycles. The van der Waals surface area contributed by atoms with E-state index < -0.39 is 9.84 Å². The molecule has 0 amide bonds. The van der Waals surface area contributed by atoms with Crippen molar-refractivity contribution in [1.29, 1.82) is 0 Å². The number of hydrogen-bond acceptors (Lipinski definition) is 3. The van der Waals surface area contributed by atoms with Gasteiger partial charge in [-0.05, 0) is 43.3 Å². The van der Waals surface area contributed by atoms with E-state index >= 15 is 0 Å². The topological polar surface area (TPSA) is 53.9 Å². The number of halogens is 1. The summed E-state index contributed by atoms with van der Waals surface area (Å²) in [4.78, 5) is 3.31. The first-order valence-corrected chi connectivity index (χ1v) is 10.6. The van der Waals surface area contributed by atoms with Crippen molar-refractivity contribution < 1.29 is 13.3 Å². The lowest BCUT2D eigenvalue weighted by molar-refractivity contribution is -0.857. The molecule has 0 aromatic heterocycles. The number of rotatable bonds is 5. The van der Waals surface area contributed by atoms with Crippen LogP contribution in [0, 0.1) is 6.92 Å². The van der Waals surface area contributed by atoms with E-state index in [1.165, 1.54) is 4.90 Å². The zero-order valence-electron chi connectivity index (χ0n) is 14.3. The maximum atomic E-state index is 11.8. The van der Waals surface area contributed by atoms with E-state index in [0.29, 0.717) is 23.1 Å². The number of nitrogens with zero attached hydrogens (tertiary/aromatic N) is 1. The van der Waals surface area contributed by atoms with Gasteiger partial charge in [0, 0.05) is 16.8 Å². The fourth-order valence-electron chi connectivity index (χ4n) is 2.68. The van der Waals surface area contributed by atoms with Crippen molar-refractivity contribution in [2.75, 3.05) is 44.0 Å². The average Bonchev–Trinajstić information content (AvgIpc) is 2.83. The molecule has 0 bridgehead atoms. The first kappa shape index (κ1) is 19.4. The summed E-state index contributed by atoms with van der Waals surface area (Å²) in [5.74, 6) is 0.411. The molecule has 24 heavy (non-hydrogen) atoms. The van der Waals surface area contributed by atoms with Crippen molar-refractivity contribution in [3.05, 3.63) is 28.8 Å². The first-order valence-electron chi connectivity index (χ1n) is 8.01. The molecule has 1 aromatic rings. The smallest absolute Gasteiger partial charge is 0.173 e. The van der Waals surface area contributed by atoms with E-state index in [4.69, 9.17) is 23.8 Å². The predicted molar refractivity (Wildman–Crippen MR) is 104 cm³/mol. The van der Waals surface area contributed by atoms with E-state index in [2.05, 4.69) is 19.4 Å². The molecule has 1 fully saturated rings. The van der Waals surface area contributed by atoms with E-state index in [0.717, 1.165) is 17.8 Å². The third-order valence-corrected chi connectivity index (χ3v) is 6.68. The van der Waals surface area contributed by atoms with Crippen LogP contribution in [0.15, 0.2) is 18.2 Å². The summed E-state index contributed by atoms with van der Waals surface area (Å²) in [5, 5.41) is 4.44. The van der Waals surface area contributed by atoms with Crippen LogP contribution in [0.4, 0.5) is 5.69 Å². The fourth-order valence-corrected chi connectivity index (χ4v) is 4.95. The normalized spacial score (nSPS) is 19.5. The third-order valence-electron chi connectivity index (χ3n) is 4.19. The summed E-state index contributed by atoms with van der Waals surface area (Å²) in [6.07, 6.45) is 0.627. The van der Waals surface area contributed by atoms with Crippen molar-refractivity contribution in [1.82, 2.24) is 4.90 Å². The molecule has 1 heterocycles. The Hall–Kier alpha value is -0.890. The third kappa shape index (κ3) is 5.31. The van der Waals surface area contributed by atoms with E-state index in [1.807, 2.05) is 30.0 Å². The van der Waals surface area contributed by atoms with Gasteiger partial charge in [-0.3, -0.25) is 0 Å². The molecule has 1 aliphatic rings. The molecule has 1 aromatic carbocycles. The molecule has 5 nitrogen and oxygen atoms in total. The zero-order chi connectivity index (χ0) is 17.9. The van der Waals surface area contributed by atoms with Gasteiger partial charge in [-0.15, -0.1) is 0 Å². The lowest BCUT2D eigenvalue weighted by atomic mass is 10.2. The van der Waals surface area contributed by atoms with Gasteiger partial charge in [-0.2, -0.15) is 0 Å². The minimum Gasteiger partial charge on any atom is -0.339 e. The summed E-state index contributed by atoms with van der Waals surface area (Å²) in [5.41, 5.74) is 1.82. The zero-order valence-corrected chi connectivity index (χ0v) is 16.7. The Bertz CT molecular complexity index is 707. The van der Waals surface area contributed by atoms with Crippen LogP contribution in [0.3, 0.4) is 0 Å². The Morgan fingerprint density at radius 1 is 1.46 bits per heavy atom. The molecule has 2 rings (SSSR count). The number of likely N-dealkylation sites (N-methyl/N-ethyl adjacent to an activating group) is 1. The van der Waals surface area contributed by atoms with Crippen LogP contribution < -0.4 is 10.2 Å². The van der Waals surface area contributed by atoms with Gasteiger partial charge >= 0.3 is 0 Å². The summed E-state index contributed by atoms with van der Waals surface area (Å²) in [6.45, 7) is 3.54. The molecule has 0 spiro atoms. The maximum absolute atomic E-state index is 11.8. The standard InChI is InChI=1S/C16H24ClN3O2S2/c1-12-4-5-13(10-15(12)17)18-16(23)20(8-7-19(2)3)14-6-9-24(21,22)11-14/h4-5,10,14H,6-9,11H2,1-3H3,(H,18,23)/p+1/t14-/m1/s1. The number of anilines is 1. The van der Waals surface area contributed by atoms with Crippen LogP contribution in [0.1, 0.15) is 12.0 Å². The van der Waals surface area contributed by atoms with Crippen molar-refractivity contribution >= 4 is 44.5 Å². The quantitative estimate of drug-likeness (QED) is 0.734. The van der Waals surface area contributed by atoms with Gasteiger partial charge in [-0.1, -0.05) is 17.7 Å². The van der Waals surface area contributed by atoms with Gasteiger partial charge in [-0.25, -0.2) is 8.42 Å². The Labute approximate surface area is 154 Å². The minimum atomic E-state index is -2.95. The second kappa shape index (κ2) is 7.99. The van der Waals surface area contributed by atoms with Crippen molar-refractivity contribution in [3.8, 4) is 0 Å². The molecule has 0 radical (unpaired) electrons. The molecular formula is C16H25ClN3O2S2+. The van der Waals surface area contributed by atoms with Gasteiger partial charge in [0.2, 0.25) is 0 Å². The van der Waals surface area contributed by atoms with Gasteiger partial charge in [0.25, 0.3) is 0 Å². The van der Waals surface area contributed by atoms with Crippen molar-refractivity contribution in [3.63, 3.8) is 0 Å². The van der Waals surface area contributed by atoms with Crippen LogP contribution in [0.5, 0.6) is 0 Å². The summed E-state index contributed by atoms with van der Waals surface area (Å²) in [6, 6.07) is 5.63. The summed E-state index contributed by atoms with van der Waals surface area (Å²) in [7, 11) is 1.18. The lowest BCUT2D eigenvalue weighted by Crippen LogP contribution is -3.06. The van der Waals surface area contributed by atoms with Crippen molar-refractivity contribution in [2.24, 2.45) is 0 Å². The Kier molecular flexibility index (Phi) is 6.47. The molecule has 1 atom stereocenters. The van der Waals surface area contributed by atoms with Gasteiger partial charge in [0.15, 0.2) is 14.9 Å². The Balaban J connectivity index is 2.12. The van der Waals surface area contributed by atoms with Crippen LogP contribution in [-0.4, -0.2) is 63.2 Å². The van der Waals surface area contributed by atoms with Crippen LogP contribution in [-0.2, 0) is 9.84 Å². The second-order valence-corrected chi connectivity index (χ2v) is 9.62. The van der Waals surface area contributed by atoms with Gasteiger partial charge < -0.3 is 15.1 Å². The molecule has 134 valence electrons. The van der Waals surface area contributed by atoms with E-state index in [9.17, 15) is 8.42 Å². The highest BCUT2D eigenvalue weighted by Crippen LogP contribution is 2.22. The largest absolute Gasteiger partial charge is 0.339 e. The highest BCUT2D eigenvalue weighted by atomic mass is 35.5. The number of aryl methyl sites for hydroxylation is 1. The molecule has 0 aliphatic carbocycles. The highest BCUT2D eigenvalue weighted by molar-refractivity contribution is 7.91. The van der Waals surface area contributed by atoms with Gasteiger partial charge in [0.1, 0.15) is 0 Å². The number of benzene rings is 1. The molecule has 8 heteroatoms. The van der Waals surface area contributed by atoms with E-state index in [1.54, 1.807) is 0 Å². The highest BCUT2D eigenvalue weighted by Gasteiger charge is 2.33. The molecular weight excluding hydrogens is 366 g/mol. The number of nitrogens with one attached hydrogen (secondary N) is 2. The van der Waals surface area contributed by atoms with Crippen LogP contribution >= 0.6 is 23.8 Å². The monoisotopic (exact) mass is 390 g/mol. The number of thiocarbonyl (C=S) groups is 1. The first-order chi connectivity index (χ1) is 11.2. The Morgan fingerprint density at radius 3 is 2.71 bits per heavy atom. The van der Waals surface area contributed by atoms with Crippen LogP contribution in [0.25, 0.3) is 0 Å². The average molecular weight is 391 g/mol. The predicted octanol–water partition coefficient (Wildman–Crippen LogP) is 0.979. The van der Waals surface area contributed by atoms with Crippen LogP contribution in [0.2, 0.25) is 5.02 Å². The SMILES string of the molecule is Cc1ccc(NC(=S)N(CC[NH+](C)C)[C@@H]2CCS(=O)(=O)C2)cc1Cl. The second-order valence-electron chi connectivity index (χ2n) is 6.60. The fraction of sp³-hybridized carbons (Fsp3) is 0.562.